The minimum Gasteiger partial charge on any atom is -0.479 e. The lowest BCUT2D eigenvalue weighted by Crippen LogP contribution is -2.20. The van der Waals surface area contributed by atoms with Crippen molar-refractivity contribution in [1.82, 2.24) is 24.4 Å². The molecule has 104 valence electrons. The van der Waals surface area contributed by atoms with Crippen LogP contribution in [-0.4, -0.2) is 58.0 Å². The van der Waals surface area contributed by atoms with Gasteiger partial charge in [-0.2, -0.15) is 4.98 Å². The van der Waals surface area contributed by atoms with Crippen LogP contribution in [0.3, 0.4) is 0 Å². The molecule has 0 fully saturated rings. The molecule has 0 aliphatic rings. The number of halogens is 1. The van der Waals surface area contributed by atoms with Gasteiger partial charge in [-0.3, -0.25) is 0 Å². The fourth-order valence-corrected chi connectivity index (χ4v) is 2.09. The molecule has 0 aliphatic heterocycles. The monoisotopic (exact) mass is 283 g/mol. The number of aryl methyl sites for hydroxylation is 1. The van der Waals surface area contributed by atoms with Gasteiger partial charge in [-0.25, -0.2) is 9.97 Å². The van der Waals surface area contributed by atoms with Crippen molar-refractivity contribution in [1.29, 1.82) is 0 Å². The van der Waals surface area contributed by atoms with Crippen LogP contribution in [0.25, 0.3) is 11.2 Å². The van der Waals surface area contributed by atoms with Crippen molar-refractivity contribution in [2.24, 2.45) is 0 Å². The van der Waals surface area contributed by atoms with Crippen molar-refractivity contribution in [3.8, 4) is 5.88 Å². The molecular weight excluding hydrogens is 266 g/mol. The van der Waals surface area contributed by atoms with Gasteiger partial charge in [0, 0.05) is 25.4 Å². The molecule has 0 saturated carbocycles. The Morgan fingerprint density at radius 3 is 2.79 bits per heavy atom. The summed E-state index contributed by atoms with van der Waals surface area (Å²) >= 11 is 5.84. The van der Waals surface area contributed by atoms with E-state index in [1.165, 1.54) is 6.33 Å². The molecule has 0 unspecified atom stereocenters. The van der Waals surface area contributed by atoms with Gasteiger partial charge >= 0.3 is 0 Å². The highest BCUT2D eigenvalue weighted by Crippen LogP contribution is 2.22. The Kier molecular flexibility index (Phi) is 4.55. The van der Waals surface area contributed by atoms with Crippen LogP contribution in [0.5, 0.6) is 5.88 Å². The molecule has 0 bridgehead atoms. The number of hydrogen-bond acceptors (Lipinski definition) is 5. The van der Waals surface area contributed by atoms with Crippen molar-refractivity contribution in [3.63, 3.8) is 0 Å². The molecule has 0 spiro atoms. The molecule has 7 heteroatoms. The van der Waals surface area contributed by atoms with Gasteiger partial charge in [0.25, 0.3) is 0 Å². The zero-order valence-electron chi connectivity index (χ0n) is 11.4. The standard InChI is InChI=1S/C12H18ClN5O/c1-17(2)6-7-18-9(4-5-13)16-10-11(18)14-8-15-12(10)19-3/h8H,4-7H2,1-3H3. The van der Waals surface area contributed by atoms with Crippen molar-refractivity contribution in [2.45, 2.75) is 13.0 Å². The largest absolute Gasteiger partial charge is 0.479 e. The zero-order chi connectivity index (χ0) is 13.8. The molecule has 2 aromatic heterocycles. The van der Waals surface area contributed by atoms with Crippen LogP contribution in [0.2, 0.25) is 0 Å². The van der Waals surface area contributed by atoms with Crippen molar-refractivity contribution in [3.05, 3.63) is 12.2 Å². The molecule has 0 saturated heterocycles. The number of likely N-dealkylation sites (N-methyl/N-ethyl adjacent to an activating group) is 1. The quantitative estimate of drug-likeness (QED) is 0.745. The third-order valence-electron chi connectivity index (χ3n) is 2.86. The maximum absolute atomic E-state index is 5.84. The smallest absolute Gasteiger partial charge is 0.245 e. The summed E-state index contributed by atoms with van der Waals surface area (Å²) in [6, 6.07) is 0. The molecule has 2 rings (SSSR count). The van der Waals surface area contributed by atoms with Crippen LogP contribution in [-0.2, 0) is 13.0 Å². The highest BCUT2D eigenvalue weighted by molar-refractivity contribution is 6.17. The van der Waals surface area contributed by atoms with Crippen LogP contribution in [0.15, 0.2) is 6.33 Å². The minimum absolute atomic E-state index is 0.504. The lowest BCUT2D eigenvalue weighted by Gasteiger charge is -2.12. The van der Waals surface area contributed by atoms with Crippen molar-refractivity contribution < 1.29 is 4.74 Å². The molecule has 0 N–H and O–H groups in total. The average molecular weight is 284 g/mol. The summed E-state index contributed by atoms with van der Waals surface area (Å²) in [5, 5.41) is 0. The number of fused-ring (bicyclic) bond motifs is 1. The second-order valence-corrected chi connectivity index (χ2v) is 4.86. The number of nitrogens with zero attached hydrogens (tertiary/aromatic N) is 5. The minimum atomic E-state index is 0.504. The Morgan fingerprint density at radius 1 is 1.37 bits per heavy atom. The van der Waals surface area contributed by atoms with E-state index < -0.39 is 0 Å². The Balaban J connectivity index is 2.47. The summed E-state index contributed by atoms with van der Waals surface area (Å²) < 4.78 is 7.31. The Hall–Kier alpha value is -1.40. The third-order valence-corrected chi connectivity index (χ3v) is 3.05. The van der Waals surface area contributed by atoms with E-state index in [0.29, 0.717) is 23.7 Å². The van der Waals surface area contributed by atoms with Crippen LogP contribution in [0.4, 0.5) is 0 Å². The van der Waals surface area contributed by atoms with E-state index in [0.717, 1.165) is 24.6 Å². The molecule has 0 radical (unpaired) electrons. The Labute approximate surface area is 117 Å². The van der Waals surface area contributed by atoms with Crippen molar-refractivity contribution in [2.75, 3.05) is 33.6 Å². The number of rotatable bonds is 6. The first kappa shape index (κ1) is 14.0. The van der Waals surface area contributed by atoms with Crippen LogP contribution in [0, 0.1) is 0 Å². The first-order valence-electron chi connectivity index (χ1n) is 6.12. The number of hydrogen-bond donors (Lipinski definition) is 0. The maximum atomic E-state index is 5.84. The predicted octanol–water partition coefficient (Wildman–Crippen LogP) is 1.18. The summed E-state index contributed by atoms with van der Waals surface area (Å²) in [4.78, 5) is 15.1. The van der Waals surface area contributed by atoms with E-state index in [-0.39, 0.29) is 0 Å². The third kappa shape index (κ3) is 2.96. The number of ether oxygens (including phenoxy) is 1. The summed E-state index contributed by atoms with van der Waals surface area (Å²) in [5.74, 6) is 1.95. The molecule has 6 nitrogen and oxygen atoms in total. The topological polar surface area (TPSA) is 56.1 Å². The van der Waals surface area contributed by atoms with Gasteiger partial charge in [0.05, 0.1) is 7.11 Å². The van der Waals surface area contributed by atoms with Gasteiger partial charge in [0.1, 0.15) is 12.2 Å². The number of alkyl halides is 1. The maximum Gasteiger partial charge on any atom is 0.245 e. The number of imidazole rings is 1. The van der Waals surface area contributed by atoms with E-state index in [1.807, 2.05) is 14.1 Å². The number of methoxy groups -OCH3 is 1. The molecule has 0 aromatic carbocycles. The fourth-order valence-electron chi connectivity index (χ4n) is 1.92. The Morgan fingerprint density at radius 2 is 2.16 bits per heavy atom. The van der Waals surface area contributed by atoms with Gasteiger partial charge in [-0.05, 0) is 14.1 Å². The first-order chi connectivity index (χ1) is 9.17. The summed E-state index contributed by atoms with van der Waals surface area (Å²) in [6.45, 7) is 1.73. The Bertz CT molecular complexity index is 554. The lowest BCUT2D eigenvalue weighted by atomic mass is 10.4. The van der Waals surface area contributed by atoms with Crippen molar-refractivity contribution >= 4 is 22.8 Å². The molecule has 0 atom stereocenters. The molecule has 2 aromatic rings. The van der Waals surface area contributed by atoms with E-state index >= 15 is 0 Å². The van der Waals surface area contributed by atoms with Crippen LogP contribution in [0.1, 0.15) is 5.82 Å². The predicted molar refractivity (Wildman–Crippen MR) is 74.9 cm³/mol. The highest BCUT2D eigenvalue weighted by atomic mass is 35.5. The van der Waals surface area contributed by atoms with Crippen LogP contribution >= 0.6 is 11.6 Å². The van der Waals surface area contributed by atoms with E-state index in [2.05, 4.69) is 24.4 Å². The molecule has 19 heavy (non-hydrogen) atoms. The van der Waals surface area contributed by atoms with Gasteiger partial charge in [-0.1, -0.05) is 0 Å². The first-order valence-corrected chi connectivity index (χ1v) is 6.65. The average Bonchev–Trinajstić information content (AvgIpc) is 2.74. The molecule has 0 aliphatic carbocycles. The number of aromatic nitrogens is 4. The van der Waals surface area contributed by atoms with Crippen LogP contribution < -0.4 is 4.74 Å². The SMILES string of the molecule is COc1ncnc2c1nc(CCCl)n2CCN(C)C. The van der Waals surface area contributed by atoms with Gasteiger partial charge in [-0.15, -0.1) is 11.6 Å². The highest BCUT2D eigenvalue weighted by Gasteiger charge is 2.15. The molecule has 0 amide bonds. The zero-order valence-corrected chi connectivity index (χ0v) is 12.2. The van der Waals surface area contributed by atoms with Gasteiger partial charge in [0.2, 0.25) is 5.88 Å². The summed E-state index contributed by atoms with van der Waals surface area (Å²) in [7, 11) is 5.66. The second kappa shape index (κ2) is 6.16. The van der Waals surface area contributed by atoms with Gasteiger partial charge < -0.3 is 14.2 Å². The lowest BCUT2D eigenvalue weighted by molar-refractivity contribution is 0.383. The molecular formula is C12H18ClN5O. The fraction of sp³-hybridized carbons (Fsp3) is 0.583. The molecule has 2 heterocycles. The normalized spacial score (nSPS) is 11.4. The summed E-state index contributed by atoms with van der Waals surface area (Å²) in [6.07, 6.45) is 2.20. The summed E-state index contributed by atoms with van der Waals surface area (Å²) in [5.41, 5.74) is 1.50. The van der Waals surface area contributed by atoms with E-state index in [4.69, 9.17) is 16.3 Å². The second-order valence-electron chi connectivity index (χ2n) is 4.48. The van der Waals surface area contributed by atoms with Gasteiger partial charge in [0.15, 0.2) is 11.2 Å². The van der Waals surface area contributed by atoms with E-state index in [9.17, 15) is 0 Å². The van der Waals surface area contributed by atoms with E-state index in [1.54, 1.807) is 7.11 Å².